The Morgan fingerprint density at radius 3 is 2.64 bits per heavy atom. The number of amides is 1. The zero-order valence-corrected chi connectivity index (χ0v) is 15.8. The minimum atomic E-state index is -4.20. The van der Waals surface area contributed by atoms with Crippen molar-refractivity contribution in [3.63, 3.8) is 0 Å². The molecule has 2 N–H and O–H groups in total. The first-order chi connectivity index (χ1) is 13.3. The molecule has 0 spiro atoms. The van der Waals surface area contributed by atoms with Crippen molar-refractivity contribution in [2.24, 2.45) is 10.9 Å². The molecule has 1 aliphatic heterocycles. The zero-order chi connectivity index (χ0) is 20.3. The highest BCUT2D eigenvalue weighted by Crippen LogP contribution is 2.28. The van der Waals surface area contributed by atoms with Gasteiger partial charge in [0.15, 0.2) is 5.84 Å². The number of aryl methyl sites for hydroxylation is 1. The molecule has 1 atom stereocenters. The van der Waals surface area contributed by atoms with Crippen LogP contribution >= 0.6 is 0 Å². The van der Waals surface area contributed by atoms with Crippen molar-refractivity contribution in [2.45, 2.75) is 30.7 Å². The summed E-state index contributed by atoms with van der Waals surface area (Å²) in [6, 6.07) is 7.94. The van der Waals surface area contributed by atoms with E-state index in [0.29, 0.717) is 9.87 Å². The molecule has 1 aromatic carbocycles. The number of carbonyl (C=O) groups excluding carboxylic acids is 2. The second-order valence-electron chi connectivity index (χ2n) is 6.19. The van der Waals surface area contributed by atoms with Gasteiger partial charge in [0.1, 0.15) is 6.04 Å². The first-order valence-corrected chi connectivity index (χ1v) is 9.83. The van der Waals surface area contributed by atoms with E-state index in [-0.39, 0.29) is 23.6 Å². The number of benzene rings is 1. The molecule has 28 heavy (non-hydrogen) atoms. The summed E-state index contributed by atoms with van der Waals surface area (Å²) in [6.07, 6.45) is 2.89. The number of nitrogens with zero attached hydrogens (tertiary/aromatic N) is 3. The summed E-state index contributed by atoms with van der Waals surface area (Å²) in [5.41, 5.74) is 7.03. The summed E-state index contributed by atoms with van der Waals surface area (Å²) in [6.45, 7) is 1.81. The number of amidine groups is 1. The number of hydrogen-bond acceptors (Lipinski definition) is 7. The monoisotopic (exact) mass is 402 g/mol. The minimum absolute atomic E-state index is 0.00504. The number of aromatic nitrogens is 1. The standard InChI is InChI=1S/C18H18N4O5S/c1-12-4-6-14(7-5-12)28(25,26)22-15(8-9-16(22)23)18(24)27-21-17(19)13-3-2-10-20-11-13/h2-7,10-11,15H,8-9H2,1H3,(H2,19,21)/t15-/m0/s1. The number of pyridine rings is 1. The average Bonchev–Trinajstić information content (AvgIpc) is 3.09. The van der Waals surface area contributed by atoms with Crippen LogP contribution in [0.3, 0.4) is 0 Å². The highest BCUT2D eigenvalue weighted by atomic mass is 32.2. The third-order valence-electron chi connectivity index (χ3n) is 4.20. The fourth-order valence-corrected chi connectivity index (χ4v) is 4.32. The third-order valence-corrected chi connectivity index (χ3v) is 6.05. The van der Waals surface area contributed by atoms with Crippen molar-refractivity contribution in [1.29, 1.82) is 0 Å². The molecule has 3 rings (SSSR count). The fraction of sp³-hybridized carbons (Fsp3) is 0.222. The van der Waals surface area contributed by atoms with Crippen LogP contribution < -0.4 is 5.73 Å². The van der Waals surface area contributed by atoms with E-state index in [1.807, 2.05) is 6.92 Å². The van der Waals surface area contributed by atoms with Crippen molar-refractivity contribution in [2.75, 3.05) is 0 Å². The predicted molar refractivity (Wildman–Crippen MR) is 99.3 cm³/mol. The molecule has 0 saturated carbocycles. The SMILES string of the molecule is Cc1ccc(S(=O)(=O)N2C(=O)CC[C@H]2C(=O)O/N=C(/N)c2cccnc2)cc1. The van der Waals surface area contributed by atoms with Gasteiger partial charge in [-0.3, -0.25) is 9.78 Å². The van der Waals surface area contributed by atoms with Crippen LogP contribution in [0.1, 0.15) is 24.0 Å². The van der Waals surface area contributed by atoms with Crippen LogP contribution in [0, 0.1) is 6.92 Å². The zero-order valence-electron chi connectivity index (χ0n) is 15.0. The number of sulfonamides is 1. The summed E-state index contributed by atoms with van der Waals surface area (Å²) in [7, 11) is -4.20. The average molecular weight is 402 g/mol. The summed E-state index contributed by atoms with van der Waals surface area (Å²) in [5.74, 6) is -1.75. The topological polar surface area (TPSA) is 132 Å². The molecule has 1 aliphatic rings. The van der Waals surface area contributed by atoms with Gasteiger partial charge in [-0.25, -0.2) is 17.5 Å². The largest absolute Gasteiger partial charge is 0.380 e. The molecule has 1 amide bonds. The number of hydrogen-bond donors (Lipinski definition) is 1. The van der Waals surface area contributed by atoms with Gasteiger partial charge >= 0.3 is 5.97 Å². The molecule has 9 nitrogen and oxygen atoms in total. The van der Waals surface area contributed by atoms with E-state index in [1.165, 1.54) is 18.3 Å². The first kappa shape index (κ1) is 19.5. The van der Waals surface area contributed by atoms with Gasteiger partial charge in [-0.15, -0.1) is 0 Å². The maximum absolute atomic E-state index is 12.9. The molecule has 10 heteroatoms. The fourth-order valence-electron chi connectivity index (χ4n) is 2.72. The van der Waals surface area contributed by atoms with Crippen LogP contribution in [0.4, 0.5) is 0 Å². The number of nitrogens with two attached hydrogens (primary N) is 1. The van der Waals surface area contributed by atoms with Crippen LogP contribution in [0.15, 0.2) is 58.8 Å². The molecule has 0 radical (unpaired) electrons. The summed E-state index contributed by atoms with van der Waals surface area (Å²) in [5, 5.41) is 3.54. The predicted octanol–water partition coefficient (Wildman–Crippen LogP) is 0.933. The van der Waals surface area contributed by atoms with Crippen LogP contribution in [0.5, 0.6) is 0 Å². The van der Waals surface area contributed by atoms with Gasteiger partial charge in [0, 0.05) is 24.4 Å². The Kier molecular flexibility index (Phi) is 5.41. The Morgan fingerprint density at radius 2 is 2.00 bits per heavy atom. The quantitative estimate of drug-likeness (QED) is 0.340. The van der Waals surface area contributed by atoms with Gasteiger partial charge in [-0.2, -0.15) is 0 Å². The number of rotatable bonds is 5. The Labute approximate surface area is 161 Å². The van der Waals surface area contributed by atoms with E-state index in [4.69, 9.17) is 10.6 Å². The van der Waals surface area contributed by atoms with Crippen molar-refractivity contribution >= 4 is 27.7 Å². The second kappa shape index (κ2) is 7.77. The van der Waals surface area contributed by atoms with Crippen LogP contribution in [-0.4, -0.2) is 41.5 Å². The van der Waals surface area contributed by atoms with E-state index in [2.05, 4.69) is 10.1 Å². The van der Waals surface area contributed by atoms with Crippen molar-refractivity contribution in [1.82, 2.24) is 9.29 Å². The molecule has 2 heterocycles. The van der Waals surface area contributed by atoms with Gasteiger partial charge in [0.25, 0.3) is 10.0 Å². The molecule has 1 aromatic heterocycles. The molecule has 1 saturated heterocycles. The van der Waals surface area contributed by atoms with E-state index in [0.717, 1.165) is 5.56 Å². The molecule has 0 bridgehead atoms. The van der Waals surface area contributed by atoms with Crippen LogP contribution in [0.25, 0.3) is 0 Å². The molecule has 0 unspecified atom stereocenters. The normalized spacial score (nSPS) is 17.6. The summed E-state index contributed by atoms with van der Waals surface area (Å²) in [4.78, 5) is 33.2. The Balaban J connectivity index is 1.82. The smallest absolute Gasteiger partial charge is 0.358 e. The lowest BCUT2D eigenvalue weighted by molar-refractivity contribution is -0.149. The van der Waals surface area contributed by atoms with Gasteiger partial charge in [-0.1, -0.05) is 22.9 Å². The van der Waals surface area contributed by atoms with Gasteiger partial charge in [0.2, 0.25) is 5.91 Å². The maximum Gasteiger partial charge on any atom is 0.358 e. The van der Waals surface area contributed by atoms with Crippen molar-refractivity contribution < 1.29 is 22.8 Å². The molecule has 1 fully saturated rings. The molecule has 2 aromatic rings. The molecular weight excluding hydrogens is 384 g/mol. The Bertz CT molecular complexity index is 1020. The Morgan fingerprint density at radius 1 is 1.29 bits per heavy atom. The minimum Gasteiger partial charge on any atom is -0.380 e. The molecular formula is C18H18N4O5S. The summed E-state index contributed by atoms with van der Waals surface area (Å²) >= 11 is 0. The lowest BCUT2D eigenvalue weighted by atomic mass is 10.2. The van der Waals surface area contributed by atoms with Gasteiger partial charge in [-0.05, 0) is 37.6 Å². The Hall–Kier alpha value is -3.27. The summed E-state index contributed by atoms with van der Waals surface area (Å²) < 4.78 is 26.3. The molecule has 146 valence electrons. The van der Waals surface area contributed by atoms with E-state index in [9.17, 15) is 18.0 Å². The van der Waals surface area contributed by atoms with E-state index in [1.54, 1.807) is 30.5 Å². The highest BCUT2D eigenvalue weighted by Gasteiger charge is 2.45. The maximum atomic E-state index is 12.9. The van der Waals surface area contributed by atoms with Crippen LogP contribution in [0.2, 0.25) is 0 Å². The van der Waals surface area contributed by atoms with Gasteiger partial charge < -0.3 is 10.6 Å². The lowest BCUT2D eigenvalue weighted by Gasteiger charge is -2.22. The number of oxime groups is 1. The van der Waals surface area contributed by atoms with E-state index < -0.39 is 27.9 Å². The van der Waals surface area contributed by atoms with Crippen molar-refractivity contribution in [3.05, 3.63) is 59.9 Å². The number of carbonyl (C=O) groups is 2. The highest BCUT2D eigenvalue weighted by molar-refractivity contribution is 7.89. The first-order valence-electron chi connectivity index (χ1n) is 8.39. The lowest BCUT2D eigenvalue weighted by Crippen LogP contribution is -2.43. The van der Waals surface area contributed by atoms with E-state index >= 15 is 0 Å². The second-order valence-corrected chi connectivity index (χ2v) is 8.01. The molecule has 0 aliphatic carbocycles. The van der Waals surface area contributed by atoms with Crippen molar-refractivity contribution in [3.8, 4) is 0 Å². The third kappa shape index (κ3) is 3.86. The van der Waals surface area contributed by atoms with Gasteiger partial charge in [0.05, 0.1) is 4.90 Å². The van der Waals surface area contributed by atoms with Crippen LogP contribution in [-0.2, 0) is 24.4 Å².